The molecule has 1 unspecified atom stereocenters. The molecule has 0 amide bonds. The van der Waals surface area contributed by atoms with E-state index in [-0.39, 0.29) is 5.82 Å². The molecule has 0 heterocycles. The van der Waals surface area contributed by atoms with Gasteiger partial charge in [0.05, 0.1) is 4.47 Å². The Morgan fingerprint density at radius 3 is 2.67 bits per heavy atom. The Kier molecular flexibility index (Phi) is 5.09. The lowest BCUT2D eigenvalue weighted by atomic mass is 10.1. The minimum Gasteiger partial charge on any atom is -0.382 e. The summed E-state index contributed by atoms with van der Waals surface area (Å²) in [5.41, 5.74) is 0.976. The summed E-state index contributed by atoms with van der Waals surface area (Å²) in [5.74, 6) is -0.218. The Bertz CT molecular complexity index is 314. The lowest BCUT2D eigenvalue weighted by Crippen LogP contribution is -2.17. The lowest BCUT2D eigenvalue weighted by molar-refractivity contribution is 0.615. The molecule has 1 atom stereocenters. The Hall–Kier alpha value is -0.570. The van der Waals surface area contributed by atoms with Gasteiger partial charge in [-0.15, -0.1) is 0 Å². The summed E-state index contributed by atoms with van der Waals surface area (Å²) < 4.78 is 13.5. The SMILES string of the molecule is CCCC(CC)Nc1ccc(F)c(Br)c1. The first-order valence-electron chi connectivity index (χ1n) is 5.39. The molecule has 1 rings (SSSR count). The molecule has 1 aromatic rings. The topological polar surface area (TPSA) is 12.0 Å². The van der Waals surface area contributed by atoms with Crippen molar-refractivity contribution in [1.82, 2.24) is 0 Å². The predicted octanol–water partition coefficient (Wildman–Crippen LogP) is 4.58. The minimum absolute atomic E-state index is 0.218. The van der Waals surface area contributed by atoms with Crippen LogP contribution in [0.2, 0.25) is 0 Å². The molecule has 0 radical (unpaired) electrons. The highest BCUT2D eigenvalue weighted by atomic mass is 79.9. The average Bonchev–Trinajstić information content (AvgIpc) is 2.23. The zero-order valence-corrected chi connectivity index (χ0v) is 10.8. The van der Waals surface area contributed by atoms with Crippen LogP contribution < -0.4 is 5.32 Å². The first-order valence-corrected chi connectivity index (χ1v) is 6.18. The zero-order chi connectivity index (χ0) is 11.3. The maximum atomic E-state index is 13.0. The zero-order valence-electron chi connectivity index (χ0n) is 9.19. The third-order valence-corrected chi connectivity index (χ3v) is 3.03. The number of hydrogen-bond acceptors (Lipinski definition) is 1. The van der Waals surface area contributed by atoms with Crippen molar-refractivity contribution in [2.45, 2.75) is 39.2 Å². The van der Waals surface area contributed by atoms with Crippen LogP contribution in [0.3, 0.4) is 0 Å². The molecule has 0 aliphatic carbocycles. The maximum absolute atomic E-state index is 13.0. The number of anilines is 1. The van der Waals surface area contributed by atoms with Crippen molar-refractivity contribution in [2.24, 2.45) is 0 Å². The molecule has 0 aliphatic heterocycles. The van der Waals surface area contributed by atoms with Gasteiger partial charge in [-0.2, -0.15) is 0 Å². The summed E-state index contributed by atoms with van der Waals surface area (Å²) in [6, 6.07) is 5.52. The van der Waals surface area contributed by atoms with Gasteiger partial charge in [-0.3, -0.25) is 0 Å². The molecule has 0 fully saturated rings. The molecule has 84 valence electrons. The van der Waals surface area contributed by atoms with Crippen LogP contribution in [-0.2, 0) is 0 Å². The van der Waals surface area contributed by atoms with Crippen LogP contribution in [0.1, 0.15) is 33.1 Å². The summed E-state index contributed by atoms with van der Waals surface area (Å²) >= 11 is 3.18. The van der Waals surface area contributed by atoms with Crippen molar-refractivity contribution in [3.8, 4) is 0 Å². The van der Waals surface area contributed by atoms with Crippen molar-refractivity contribution in [3.05, 3.63) is 28.5 Å². The van der Waals surface area contributed by atoms with Crippen molar-refractivity contribution in [1.29, 1.82) is 0 Å². The van der Waals surface area contributed by atoms with Crippen LogP contribution in [0.15, 0.2) is 22.7 Å². The minimum atomic E-state index is -0.218. The molecule has 0 saturated heterocycles. The van der Waals surface area contributed by atoms with Crippen molar-refractivity contribution in [3.63, 3.8) is 0 Å². The van der Waals surface area contributed by atoms with E-state index in [1.807, 2.05) is 0 Å². The monoisotopic (exact) mass is 273 g/mol. The van der Waals surface area contributed by atoms with Gasteiger partial charge in [0, 0.05) is 11.7 Å². The highest BCUT2D eigenvalue weighted by molar-refractivity contribution is 9.10. The van der Waals surface area contributed by atoms with E-state index in [9.17, 15) is 4.39 Å². The van der Waals surface area contributed by atoms with Gasteiger partial charge in [0.1, 0.15) is 5.82 Å². The molecule has 3 heteroatoms. The second-order valence-corrected chi connectivity index (χ2v) is 4.52. The van der Waals surface area contributed by atoms with Gasteiger partial charge in [-0.05, 0) is 47.0 Å². The molecule has 1 N–H and O–H groups in total. The van der Waals surface area contributed by atoms with E-state index in [0.717, 1.165) is 24.9 Å². The Labute approximate surface area is 99.2 Å². The van der Waals surface area contributed by atoms with E-state index >= 15 is 0 Å². The molecule has 0 aromatic heterocycles. The van der Waals surface area contributed by atoms with E-state index < -0.39 is 0 Å². The molecule has 1 aromatic carbocycles. The number of hydrogen-bond donors (Lipinski definition) is 1. The summed E-state index contributed by atoms with van der Waals surface area (Å²) in [6.07, 6.45) is 3.39. The van der Waals surface area contributed by atoms with Crippen LogP contribution in [0.4, 0.5) is 10.1 Å². The predicted molar refractivity (Wildman–Crippen MR) is 66.7 cm³/mol. The third kappa shape index (κ3) is 3.82. The molecule has 0 saturated carbocycles. The Balaban J connectivity index is 2.66. The van der Waals surface area contributed by atoms with Gasteiger partial charge in [-0.1, -0.05) is 20.3 Å². The molecule has 0 aliphatic rings. The number of rotatable bonds is 5. The van der Waals surface area contributed by atoms with Crippen molar-refractivity contribution >= 4 is 21.6 Å². The van der Waals surface area contributed by atoms with E-state index in [0.29, 0.717) is 10.5 Å². The molecule has 15 heavy (non-hydrogen) atoms. The fraction of sp³-hybridized carbons (Fsp3) is 0.500. The molecule has 0 spiro atoms. The summed E-state index contributed by atoms with van der Waals surface area (Å²) in [7, 11) is 0. The fourth-order valence-electron chi connectivity index (χ4n) is 1.55. The summed E-state index contributed by atoms with van der Waals surface area (Å²) in [4.78, 5) is 0. The second kappa shape index (κ2) is 6.11. The van der Waals surface area contributed by atoms with E-state index in [1.165, 1.54) is 6.07 Å². The third-order valence-electron chi connectivity index (χ3n) is 2.42. The quantitative estimate of drug-likeness (QED) is 0.828. The van der Waals surface area contributed by atoms with Gasteiger partial charge < -0.3 is 5.32 Å². The highest BCUT2D eigenvalue weighted by Crippen LogP contribution is 2.21. The van der Waals surface area contributed by atoms with Gasteiger partial charge in [0.25, 0.3) is 0 Å². The van der Waals surface area contributed by atoms with Crippen LogP contribution in [-0.4, -0.2) is 6.04 Å². The largest absolute Gasteiger partial charge is 0.382 e. The first kappa shape index (κ1) is 12.5. The van der Waals surface area contributed by atoms with Gasteiger partial charge in [-0.25, -0.2) is 4.39 Å². The summed E-state index contributed by atoms with van der Waals surface area (Å²) in [6.45, 7) is 4.33. The molecular formula is C12H17BrFN. The number of halogens is 2. The Morgan fingerprint density at radius 2 is 2.13 bits per heavy atom. The standard InChI is InChI=1S/C12H17BrFN/c1-3-5-9(4-2)15-10-6-7-12(14)11(13)8-10/h6-9,15H,3-5H2,1-2H3. The van der Waals surface area contributed by atoms with Crippen LogP contribution in [0, 0.1) is 5.82 Å². The van der Waals surface area contributed by atoms with Crippen LogP contribution in [0.5, 0.6) is 0 Å². The van der Waals surface area contributed by atoms with E-state index in [2.05, 4.69) is 35.1 Å². The fourth-order valence-corrected chi connectivity index (χ4v) is 1.93. The summed E-state index contributed by atoms with van der Waals surface area (Å²) in [5, 5.41) is 3.40. The van der Waals surface area contributed by atoms with E-state index in [4.69, 9.17) is 0 Å². The van der Waals surface area contributed by atoms with E-state index in [1.54, 1.807) is 12.1 Å². The van der Waals surface area contributed by atoms with Gasteiger partial charge in [0.2, 0.25) is 0 Å². The Morgan fingerprint density at radius 1 is 1.40 bits per heavy atom. The van der Waals surface area contributed by atoms with Crippen molar-refractivity contribution < 1.29 is 4.39 Å². The number of benzene rings is 1. The second-order valence-electron chi connectivity index (χ2n) is 3.67. The van der Waals surface area contributed by atoms with Gasteiger partial charge >= 0.3 is 0 Å². The highest BCUT2D eigenvalue weighted by Gasteiger charge is 2.06. The number of nitrogens with one attached hydrogen (secondary N) is 1. The smallest absolute Gasteiger partial charge is 0.137 e. The average molecular weight is 274 g/mol. The van der Waals surface area contributed by atoms with Crippen molar-refractivity contribution in [2.75, 3.05) is 5.32 Å². The molecule has 1 nitrogen and oxygen atoms in total. The first-order chi connectivity index (χ1) is 7.17. The lowest BCUT2D eigenvalue weighted by Gasteiger charge is -2.17. The molecular weight excluding hydrogens is 257 g/mol. The maximum Gasteiger partial charge on any atom is 0.137 e. The van der Waals surface area contributed by atoms with Gasteiger partial charge in [0.15, 0.2) is 0 Å². The molecule has 0 bridgehead atoms. The van der Waals surface area contributed by atoms with Crippen LogP contribution in [0.25, 0.3) is 0 Å². The van der Waals surface area contributed by atoms with Crippen LogP contribution >= 0.6 is 15.9 Å². The normalized spacial score (nSPS) is 12.5.